The Hall–Kier alpha value is -2.55. The van der Waals surface area contributed by atoms with Gasteiger partial charge in [0.25, 0.3) is 0 Å². The molecule has 1 N–H and O–H groups in total. The highest BCUT2D eigenvalue weighted by atomic mass is 19.1. The van der Waals surface area contributed by atoms with Gasteiger partial charge in [-0.2, -0.15) is 10.4 Å². The summed E-state index contributed by atoms with van der Waals surface area (Å²) in [5.74, 6) is -0.984. The van der Waals surface area contributed by atoms with Crippen molar-refractivity contribution >= 4 is 5.82 Å². The Labute approximate surface area is 115 Å². The number of hydrogen-bond acceptors (Lipinski definition) is 4. The molecule has 2 rings (SSSR count). The highest BCUT2D eigenvalue weighted by Gasteiger charge is 2.11. The second kappa shape index (κ2) is 5.61. The molecule has 0 amide bonds. The van der Waals surface area contributed by atoms with Gasteiger partial charge in [0.15, 0.2) is 5.82 Å². The van der Waals surface area contributed by atoms with Crippen LogP contribution in [0.5, 0.6) is 0 Å². The number of benzene rings is 1. The maximum absolute atomic E-state index is 13.5. The summed E-state index contributed by atoms with van der Waals surface area (Å²) in [5, 5.41) is 19.8. The molecule has 20 heavy (non-hydrogen) atoms. The third-order valence-corrected chi connectivity index (χ3v) is 3.03. The number of rotatable bonds is 3. The Morgan fingerprint density at radius 2 is 2.00 bits per heavy atom. The highest BCUT2D eigenvalue weighted by molar-refractivity contribution is 5.55. The fourth-order valence-electron chi connectivity index (χ4n) is 1.71. The van der Waals surface area contributed by atoms with E-state index >= 15 is 0 Å². The Kier molecular flexibility index (Phi) is 3.89. The maximum atomic E-state index is 13.5. The Balaban J connectivity index is 2.24. The second-order valence-electron chi connectivity index (χ2n) is 4.34. The standard InChI is InChI=1S/C14H12F2N4/c1-8-9(2)19-20-14(12(8)6-17)18-7-10-3-4-11(15)5-13(10)16/h3-5H,7H2,1-2H3,(H,18,20). The molecule has 6 heteroatoms. The van der Waals surface area contributed by atoms with Crippen molar-refractivity contribution in [3.05, 3.63) is 52.2 Å². The fraction of sp³-hybridized carbons (Fsp3) is 0.214. The summed E-state index contributed by atoms with van der Waals surface area (Å²) < 4.78 is 26.3. The number of nitriles is 1. The Morgan fingerprint density at radius 1 is 1.25 bits per heavy atom. The first-order valence-electron chi connectivity index (χ1n) is 5.94. The molecule has 102 valence electrons. The lowest BCUT2D eigenvalue weighted by atomic mass is 10.1. The largest absolute Gasteiger partial charge is 0.363 e. The van der Waals surface area contributed by atoms with Crippen LogP contribution in [0.2, 0.25) is 0 Å². The van der Waals surface area contributed by atoms with E-state index in [2.05, 4.69) is 15.5 Å². The molecule has 0 fully saturated rings. The molecule has 4 nitrogen and oxygen atoms in total. The van der Waals surface area contributed by atoms with E-state index in [9.17, 15) is 8.78 Å². The molecule has 0 saturated carbocycles. The van der Waals surface area contributed by atoms with Crippen LogP contribution >= 0.6 is 0 Å². The van der Waals surface area contributed by atoms with Crippen molar-refractivity contribution in [2.75, 3.05) is 5.32 Å². The number of anilines is 1. The molecule has 0 saturated heterocycles. The van der Waals surface area contributed by atoms with Crippen LogP contribution in [0.4, 0.5) is 14.6 Å². The van der Waals surface area contributed by atoms with Crippen LogP contribution in [0.15, 0.2) is 18.2 Å². The lowest BCUT2D eigenvalue weighted by Crippen LogP contribution is -2.08. The third-order valence-electron chi connectivity index (χ3n) is 3.03. The minimum absolute atomic E-state index is 0.0952. The van der Waals surface area contributed by atoms with Gasteiger partial charge in [0.05, 0.1) is 5.69 Å². The number of nitrogens with one attached hydrogen (secondary N) is 1. The predicted octanol–water partition coefficient (Wildman–Crippen LogP) is 2.86. The van der Waals surface area contributed by atoms with Crippen LogP contribution < -0.4 is 5.32 Å². The molecule has 0 aliphatic rings. The van der Waals surface area contributed by atoms with Crippen LogP contribution in [-0.4, -0.2) is 10.2 Å². The van der Waals surface area contributed by atoms with Crippen molar-refractivity contribution < 1.29 is 8.78 Å². The fourth-order valence-corrected chi connectivity index (χ4v) is 1.71. The van der Waals surface area contributed by atoms with Gasteiger partial charge in [0.2, 0.25) is 0 Å². The zero-order valence-electron chi connectivity index (χ0n) is 11.0. The van der Waals surface area contributed by atoms with Gasteiger partial charge in [-0.1, -0.05) is 6.07 Å². The van der Waals surface area contributed by atoms with E-state index < -0.39 is 11.6 Å². The third kappa shape index (κ3) is 2.72. The van der Waals surface area contributed by atoms with Crippen molar-refractivity contribution in [2.45, 2.75) is 20.4 Å². The summed E-state index contributed by atoms with van der Waals surface area (Å²) in [4.78, 5) is 0. The first-order valence-corrected chi connectivity index (χ1v) is 5.94. The first-order chi connectivity index (χ1) is 9.52. The number of aryl methyl sites for hydroxylation is 1. The van der Waals surface area contributed by atoms with Crippen LogP contribution in [0, 0.1) is 36.8 Å². The first kappa shape index (κ1) is 13.9. The van der Waals surface area contributed by atoms with Crippen molar-refractivity contribution in [1.29, 1.82) is 5.26 Å². The van der Waals surface area contributed by atoms with Gasteiger partial charge >= 0.3 is 0 Å². The molecule has 1 aromatic carbocycles. The van der Waals surface area contributed by atoms with Gasteiger partial charge in [-0.05, 0) is 25.5 Å². The van der Waals surface area contributed by atoms with E-state index in [0.29, 0.717) is 17.1 Å². The van der Waals surface area contributed by atoms with E-state index in [1.54, 1.807) is 13.8 Å². The maximum Gasteiger partial charge on any atom is 0.167 e. The topological polar surface area (TPSA) is 61.6 Å². The van der Waals surface area contributed by atoms with Crippen LogP contribution in [0.3, 0.4) is 0 Å². The summed E-state index contributed by atoms with van der Waals surface area (Å²) >= 11 is 0. The lowest BCUT2D eigenvalue weighted by Gasteiger charge is -2.10. The molecule has 1 heterocycles. The minimum atomic E-state index is -0.646. The number of aromatic nitrogens is 2. The summed E-state index contributed by atoms with van der Waals surface area (Å²) in [6.45, 7) is 3.62. The molecular weight excluding hydrogens is 262 g/mol. The van der Waals surface area contributed by atoms with Crippen molar-refractivity contribution in [1.82, 2.24) is 10.2 Å². The number of hydrogen-bond donors (Lipinski definition) is 1. The van der Waals surface area contributed by atoms with Crippen LogP contribution in [0.1, 0.15) is 22.4 Å². The minimum Gasteiger partial charge on any atom is -0.363 e. The van der Waals surface area contributed by atoms with E-state index in [1.165, 1.54) is 12.1 Å². The summed E-state index contributed by atoms with van der Waals surface area (Å²) in [5.41, 5.74) is 2.06. The van der Waals surface area contributed by atoms with Gasteiger partial charge in [-0.15, -0.1) is 5.10 Å². The Morgan fingerprint density at radius 3 is 2.65 bits per heavy atom. The quantitative estimate of drug-likeness (QED) is 0.934. The second-order valence-corrected chi connectivity index (χ2v) is 4.34. The van der Waals surface area contributed by atoms with Gasteiger partial charge in [0.1, 0.15) is 23.3 Å². The molecule has 1 aromatic heterocycles. The molecular formula is C14H12F2N4. The van der Waals surface area contributed by atoms with Crippen molar-refractivity contribution in [3.63, 3.8) is 0 Å². The van der Waals surface area contributed by atoms with E-state index in [0.717, 1.165) is 11.6 Å². The lowest BCUT2D eigenvalue weighted by molar-refractivity contribution is 0.574. The van der Waals surface area contributed by atoms with Crippen molar-refractivity contribution in [2.24, 2.45) is 0 Å². The molecule has 0 unspecified atom stereocenters. The smallest absolute Gasteiger partial charge is 0.167 e. The summed E-state index contributed by atoms with van der Waals surface area (Å²) in [6.07, 6.45) is 0. The van der Waals surface area contributed by atoms with Crippen LogP contribution in [0.25, 0.3) is 0 Å². The predicted molar refractivity (Wildman–Crippen MR) is 69.9 cm³/mol. The van der Waals surface area contributed by atoms with Gasteiger partial charge in [-0.3, -0.25) is 0 Å². The SMILES string of the molecule is Cc1nnc(NCc2ccc(F)cc2F)c(C#N)c1C. The average Bonchev–Trinajstić information content (AvgIpc) is 2.41. The average molecular weight is 274 g/mol. The number of nitrogens with zero attached hydrogens (tertiary/aromatic N) is 3. The molecule has 0 bridgehead atoms. The molecule has 2 aromatic rings. The van der Waals surface area contributed by atoms with Gasteiger partial charge in [-0.25, -0.2) is 8.78 Å². The molecule has 0 radical (unpaired) electrons. The van der Waals surface area contributed by atoms with E-state index in [4.69, 9.17) is 5.26 Å². The zero-order valence-corrected chi connectivity index (χ0v) is 11.0. The molecule has 0 aliphatic heterocycles. The van der Waals surface area contributed by atoms with Gasteiger partial charge in [0, 0.05) is 18.2 Å². The molecule has 0 atom stereocenters. The normalized spacial score (nSPS) is 10.2. The highest BCUT2D eigenvalue weighted by Crippen LogP contribution is 2.18. The van der Waals surface area contributed by atoms with Gasteiger partial charge < -0.3 is 5.32 Å². The number of halogens is 2. The van der Waals surface area contributed by atoms with E-state index in [-0.39, 0.29) is 12.1 Å². The van der Waals surface area contributed by atoms with E-state index in [1.807, 2.05) is 6.07 Å². The molecule has 0 aliphatic carbocycles. The monoisotopic (exact) mass is 274 g/mol. The summed E-state index contributed by atoms with van der Waals surface area (Å²) in [6, 6.07) is 5.38. The van der Waals surface area contributed by atoms with Crippen molar-refractivity contribution in [3.8, 4) is 6.07 Å². The zero-order chi connectivity index (χ0) is 14.7. The molecule has 0 spiro atoms. The van der Waals surface area contributed by atoms with Crippen LogP contribution in [-0.2, 0) is 6.54 Å². The Bertz CT molecular complexity index is 692. The summed E-state index contributed by atoms with van der Waals surface area (Å²) in [7, 11) is 0.